The summed E-state index contributed by atoms with van der Waals surface area (Å²) in [5.41, 5.74) is 9.87. The van der Waals surface area contributed by atoms with Crippen LogP contribution < -0.4 is 16.4 Å². The maximum atomic E-state index is 13.0. The van der Waals surface area contributed by atoms with E-state index in [1.165, 1.54) is 16.7 Å². The molecule has 1 aromatic heterocycles. The maximum Gasteiger partial charge on any atom is 0.407 e. The molecular formula is C27H28N6O4. The summed E-state index contributed by atoms with van der Waals surface area (Å²) < 4.78 is 0. The molecule has 0 radical (unpaired) electrons. The Bertz CT molecular complexity index is 1360. The first-order valence-electron chi connectivity index (χ1n) is 12.3. The Hall–Kier alpha value is -4.47. The molecule has 5 N–H and O–H groups in total. The first-order valence-corrected chi connectivity index (χ1v) is 12.3. The van der Waals surface area contributed by atoms with Crippen LogP contribution in [-0.2, 0) is 6.42 Å². The van der Waals surface area contributed by atoms with Gasteiger partial charge in [-0.25, -0.2) is 14.8 Å². The van der Waals surface area contributed by atoms with E-state index in [0.717, 1.165) is 18.4 Å². The first-order chi connectivity index (χ1) is 17.9. The summed E-state index contributed by atoms with van der Waals surface area (Å²) in [4.78, 5) is 46.8. The minimum atomic E-state index is -0.958. The molecule has 0 unspecified atom stereocenters. The summed E-state index contributed by atoms with van der Waals surface area (Å²) in [6, 6.07) is 15.1. The van der Waals surface area contributed by atoms with Gasteiger partial charge in [-0.15, -0.1) is 0 Å². The Kier molecular flexibility index (Phi) is 6.72. The molecule has 1 fully saturated rings. The van der Waals surface area contributed by atoms with Crippen LogP contribution in [0.25, 0.3) is 11.3 Å². The molecule has 3 amide bonds. The Morgan fingerprint density at radius 2 is 1.92 bits per heavy atom. The fourth-order valence-corrected chi connectivity index (χ4v) is 4.97. The van der Waals surface area contributed by atoms with Crippen molar-refractivity contribution in [2.75, 3.05) is 25.4 Å². The van der Waals surface area contributed by atoms with E-state index < -0.39 is 12.0 Å². The largest absolute Gasteiger partial charge is 0.465 e. The summed E-state index contributed by atoms with van der Waals surface area (Å²) in [6.07, 6.45) is 2.99. The number of nitrogens with one attached hydrogen (secondary N) is 2. The number of anilines is 1. The molecule has 2 heterocycles. The van der Waals surface area contributed by atoms with Gasteiger partial charge in [-0.1, -0.05) is 36.4 Å². The predicted octanol–water partition coefficient (Wildman–Crippen LogP) is 2.87. The van der Waals surface area contributed by atoms with E-state index in [1.807, 2.05) is 12.1 Å². The number of benzene rings is 2. The van der Waals surface area contributed by atoms with Crippen molar-refractivity contribution in [2.45, 2.75) is 25.3 Å². The van der Waals surface area contributed by atoms with Gasteiger partial charge in [0.15, 0.2) is 11.5 Å². The molecule has 2 aliphatic rings. The standard InChI is InChI=1S/C27H28N6O4/c28-24-23(26(35)30-13-16-10-11-33(15-16)27(36)37)31-22(14-29-24)18-5-3-6-19(12-18)25(34)32-21-9-8-17-4-1-2-7-20(17)21/h1-7,12,14,16,21H,8-11,13,15H2,(H2,28,29)(H,30,35)(H,32,34)(H,36,37)/t16-,21-/m0/s1. The van der Waals surface area contributed by atoms with Crippen LogP contribution in [0.15, 0.2) is 54.7 Å². The second kappa shape index (κ2) is 10.3. The number of aryl methyl sites for hydroxylation is 1. The molecule has 0 spiro atoms. The van der Waals surface area contributed by atoms with Gasteiger partial charge in [0.25, 0.3) is 11.8 Å². The summed E-state index contributed by atoms with van der Waals surface area (Å²) in [6.45, 7) is 1.14. The molecule has 0 saturated carbocycles. The van der Waals surface area contributed by atoms with Gasteiger partial charge in [-0.3, -0.25) is 9.59 Å². The van der Waals surface area contributed by atoms with Gasteiger partial charge in [0.2, 0.25) is 0 Å². The van der Waals surface area contributed by atoms with Crippen molar-refractivity contribution in [1.82, 2.24) is 25.5 Å². The lowest BCUT2D eigenvalue weighted by Crippen LogP contribution is -2.33. The molecule has 1 aliphatic carbocycles. The van der Waals surface area contributed by atoms with E-state index in [1.54, 1.807) is 24.3 Å². The minimum absolute atomic E-state index is 0.00590. The van der Waals surface area contributed by atoms with Gasteiger partial charge in [0, 0.05) is 30.8 Å². The molecule has 190 valence electrons. The quantitative estimate of drug-likeness (QED) is 0.406. The fraction of sp³-hybridized carbons (Fsp3) is 0.296. The highest BCUT2D eigenvalue weighted by Gasteiger charge is 2.27. The number of fused-ring (bicyclic) bond motifs is 1. The highest BCUT2D eigenvalue weighted by atomic mass is 16.4. The molecule has 1 saturated heterocycles. The summed E-state index contributed by atoms with van der Waals surface area (Å²) >= 11 is 0. The summed E-state index contributed by atoms with van der Waals surface area (Å²) in [5, 5.41) is 15.0. The molecule has 10 nitrogen and oxygen atoms in total. The smallest absolute Gasteiger partial charge is 0.407 e. The predicted molar refractivity (Wildman–Crippen MR) is 137 cm³/mol. The Morgan fingerprint density at radius 1 is 1.08 bits per heavy atom. The second-order valence-corrected chi connectivity index (χ2v) is 9.43. The number of likely N-dealkylation sites (tertiary alicyclic amines) is 1. The van der Waals surface area contributed by atoms with Crippen LogP contribution in [0, 0.1) is 5.92 Å². The lowest BCUT2D eigenvalue weighted by atomic mass is 10.1. The van der Waals surface area contributed by atoms with Crippen LogP contribution in [0.5, 0.6) is 0 Å². The fourth-order valence-electron chi connectivity index (χ4n) is 4.97. The average molecular weight is 501 g/mol. The van der Waals surface area contributed by atoms with Crippen LogP contribution in [0.4, 0.5) is 10.6 Å². The van der Waals surface area contributed by atoms with Crippen LogP contribution in [0.3, 0.4) is 0 Å². The number of hydrogen-bond donors (Lipinski definition) is 4. The van der Waals surface area contributed by atoms with E-state index in [2.05, 4.69) is 32.7 Å². The van der Waals surface area contributed by atoms with Crippen molar-refractivity contribution in [3.63, 3.8) is 0 Å². The number of rotatable bonds is 6. The molecule has 2 aromatic carbocycles. The van der Waals surface area contributed by atoms with Crippen molar-refractivity contribution in [1.29, 1.82) is 0 Å². The van der Waals surface area contributed by atoms with Crippen LogP contribution >= 0.6 is 0 Å². The molecule has 0 bridgehead atoms. The van der Waals surface area contributed by atoms with Crippen LogP contribution in [0.2, 0.25) is 0 Å². The second-order valence-electron chi connectivity index (χ2n) is 9.43. The monoisotopic (exact) mass is 500 g/mol. The highest BCUT2D eigenvalue weighted by molar-refractivity contribution is 5.97. The highest BCUT2D eigenvalue weighted by Crippen LogP contribution is 2.31. The van der Waals surface area contributed by atoms with E-state index in [0.29, 0.717) is 42.9 Å². The molecule has 1 aliphatic heterocycles. The lowest BCUT2D eigenvalue weighted by molar-refractivity contribution is 0.0930. The number of hydrogen-bond acceptors (Lipinski definition) is 6. The van der Waals surface area contributed by atoms with Crippen LogP contribution in [0.1, 0.15) is 50.9 Å². The number of nitrogen functional groups attached to an aromatic ring is 1. The third-order valence-corrected chi connectivity index (χ3v) is 6.98. The summed E-state index contributed by atoms with van der Waals surface area (Å²) in [5.74, 6) is -0.639. The normalized spacial score (nSPS) is 18.3. The zero-order valence-corrected chi connectivity index (χ0v) is 20.2. The molecular weight excluding hydrogens is 472 g/mol. The van der Waals surface area contributed by atoms with Crippen molar-refractivity contribution in [3.05, 3.63) is 77.1 Å². The van der Waals surface area contributed by atoms with Crippen molar-refractivity contribution < 1.29 is 19.5 Å². The number of aromatic nitrogens is 2. The summed E-state index contributed by atoms with van der Waals surface area (Å²) in [7, 11) is 0. The van der Waals surface area contributed by atoms with Gasteiger partial charge in [0.1, 0.15) is 0 Å². The Labute approximate surface area is 213 Å². The van der Waals surface area contributed by atoms with Crippen molar-refractivity contribution >= 4 is 23.7 Å². The molecule has 37 heavy (non-hydrogen) atoms. The number of carboxylic acid groups (broad SMARTS) is 1. The molecule has 5 rings (SSSR count). The SMILES string of the molecule is Nc1ncc(-c2cccc(C(=O)N[C@H]3CCc4ccccc43)c2)nc1C(=O)NC[C@@H]1CCN(C(=O)O)C1. The van der Waals surface area contributed by atoms with Crippen molar-refractivity contribution in [3.8, 4) is 11.3 Å². The topological polar surface area (TPSA) is 151 Å². The van der Waals surface area contributed by atoms with Gasteiger partial charge in [-0.05, 0) is 48.4 Å². The number of amides is 3. The van der Waals surface area contributed by atoms with E-state index in [-0.39, 0.29) is 29.4 Å². The van der Waals surface area contributed by atoms with E-state index >= 15 is 0 Å². The number of nitrogens with zero attached hydrogens (tertiary/aromatic N) is 3. The zero-order chi connectivity index (χ0) is 25.9. The molecule has 10 heteroatoms. The maximum absolute atomic E-state index is 13.0. The van der Waals surface area contributed by atoms with Gasteiger partial charge in [-0.2, -0.15) is 0 Å². The van der Waals surface area contributed by atoms with Gasteiger partial charge >= 0.3 is 6.09 Å². The Balaban J connectivity index is 1.27. The average Bonchev–Trinajstić information content (AvgIpc) is 3.55. The number of nitrogens with two attached hydrogens (primary N) is 1. The van der Waals surface area contributed by atoms with Gasteiger partial charge in [0.05, 0.1) is 17.9 Å². The minimum Gasteiger partial charge on any atom is -0.465 e. The van der Waals surface area contributed by atoms with Crippen LogP contribution in [-0.4, -0.2) is 57.5 Å². The first kappa shape index (κ1) is 24.2. The third-order valence-electron chi connectivity index (χ3n) is 6.98. The molecule has 3 aromatic rings. The third kappa shape index (κ3) is 5.23. The van der Waals surface area contributed by atoms with Crippen molar-refractivity contribution in [2.24, 2.45) is 5.92 Å². The van der Waals surface area contributed by atoms with E-state index in [4.69, 9.17) is 10.8 Å². The zero-order valence-electron chi connectivity index (χ0n) is 20.2. The number of carbonyl (C=O) groups excluding carboxylic acids is 2. The Morgan fingerprint density at radius 3 is 2.73 bits per heavy atom. The lowest BCUT2D eigenvalue weighted by Gasteiger charge is -2.15. The number of carbonyl (C=O) groups is 3. The molecule has 2 atom stereocenters. The van der Waals surface area contributed by atoms with Gasteiger partial charge < -0.3 is 26.4 Å². The van der Waals surface area contributed by atoms with E-state index in [9.17, 15) is 14.4 Å².